The molecule has 0 spiro atoms. The first-order chi connectivity index (χ1) is 7.83. The highest BCUT2D eigenvalue weighted by atomic mass is 19.4. The minimum Gasteiger partial charge on any atom is -0.494 e. The molecule has 0 amide bonds. The number of rotatable bonds is 4. The van der Waals surface area contributed by atoms with E-state index in [0.717, 1.165) is 0 Å². The Labute approximate surface area is 98.3 Å². The number of benzene rings is 1. The molecule has 0 heterocycles. The molecule has 0 radical (unpaired) electrons. The van der Waals surface area contributed by atoms with Crippen LogP contribution in [0.5, 0.6) is 11.5 Å². The Hall–Kier alpha value is -1.39. The third-order valence-corrected chi connectivity index (χ3v) is 2.14. The average Bonchev–Trinajstić information content (AvgIpc) is 2.18. The van der Waals surface area contributed by atoms with Crippen LogP contribution in [0.3, 0.4) is 0 Å². The van der Waals surface area contributed by atoms with Crippen molar-refractivity contribution in [2.45, 2.75) is 33.1 Å². The molecular formula is C12H15F3O2. The fourth-order valence-electron chi connectivity index (χ4n) is 1.46. The molecule has 0 unspecified atom stereocenters. The summed E-state index contributed by atoms with van der Waals surface area (Å²) in [4.78, 5) is 0. The zero-order valence-corrected chi connectivity index (χ0v) is 9.97. The molecule has 1 aromatic rings. The molecule has 1 rings (SSSR count). The van der Waals surface area contributed by atoms with Gasteiger partial charge in [-0.3, -0.25) is 0 Å². The lowest BCUT2D eigenvalue weighted by atomic mass is 10.0. The molecule has 0 aliphatic carbocycles. The van der Waals surface area contributed by atoms with Crippen molar-refractivity contribution in [2.24, 2.45) is 0 Å². The zero-order valence-electron chi connectivity index (χ0n) is 9.97. The third-order valence-electron chi connectivity index (χ3n) is 2.14. The lowest BCUT2D eigenvalue weighted by Gasteiger charge is -2.15. The Kier molecular flexibility index (Phi) is 4.26. The van der Waals surface area contributed by atoms with E-state index in [-0.39, 0.29) is 11.7 Å². The summed E-state index contributed by atoms with van der Waals surface area (Å²) in [6, 6.07) is 4.12. The zero-order chi connectivity index (χ0) is 13.1. The maximum Gasteiger partial charge on any atom is 0.573 e. The van der Waals surface area contributed by atoms with Gasteiger partial charge in [-0.25, -0.2) is 0 Å². The standard InChI is InChI=1S/C12H15F3O2/c1-4-16-11-6-5-9(17-12(13,14)15)7-10(11)8(2)3/h5-8H,4H2,1-3H3. The highest BCUT2D eigenvalue weighted by Crippen LogP contribution is 2.32. The second-order valence-corrected chi connectivity index (χ2v) is 3.84. The van der Waals surface area contributed by atoms with E-state index < -0.39 is 6.36 Å². The molecule has 0 aromatic heterocycles. The smallest absolute Gasteiger partial charge is 0.494 e. The van der Waals surface area contributed by atoms with Gasteiger partial charge < -0.3 is 9.47 Å². The van der Waals surface area contributed by atoms with Crippen molar-refractivity contribution in [3.05, 3.63) is 23.8 Å². The van der Waals surface area contributed by atoms with Gasteiger partial charge >= 0.3 is 6.36 Å². The summed E-state index contributed by atoms with van der Waals surface area (Å²) in [5.74, 6) is 0.440. The largest absolute Gasteiger partial charge is 0.573 e. The molecule has 1 aromatic carbocycles. The van der Waals surface area contributed by atoms with E-state index in [1.165, 1.54) is 18.2 Å². The molecular weight excluding hydrogens is 233 g/mol. The van der Waals surface area contributed by atoms with Gasteiger partial charge in [-0.1, -0.05) is 13.8 Å². The molecule has 0 atom stereocenters. The first kappa shape index (κ1) is 13.7. The van der Waals surface area contributed by atoms with Crippen LogP contribution in [0.25, 0.3) is 0 Å². The van der Waals surface area contributed by atoms with E-state index in [0.29, 0.717) is 17.9 Å². The third kappa shape index (κ3) is 4.17. The molecule has 0 bridgehead atoms. The molecule has 5 heteroatoms. The molecule has 0 N–H and O–H groups in total. The monoisotopic (exact) mass is 248 g/mol. The summed E-state index contributed by atoms with van der Waals surface area (Å²) in [7, 11) is 0. The molecule has 2 nitrogen and oxygen atoms in total. The fraction of sp³-hybridized carbons (Fsp3) is 0.500. The van der Waals surface area contributed by atoms with Crippen LogP contribution >= 0.6 is 0 Å². The highest BCUT2D eigenvalue weighted by Gasteiger charge is 2.31. The maximum absolute atomic E-state index is 12.1. The van der Waals surface area contributed by atoms with Gasteiger partial charge in [-0.2, -0.15) is 0 Å². The number of hydrogen-bond acceptors (Lipinski definition) is 2. The van der Waals surface area contributed by atoms with Crippen molar-refractivity contribution in [1.82, 2.24) is 0 Å². The summed E-state index contributed by atoms with van der Waals surface area (Å²) in [6.45, 7) is 6.06. The summed E-state index contributed by atoms with van der Waals surface area (Å²) >= 11 is 0. The van der Waals surface area contributed by atoms with Crippen LogP contribution in [-0.4, -0.2) is 13.0 Å². The molecule has 0 aliphatic heterocycles. The first-order valence-electron chi connectivity index (χ1n) is 5.36. The van der Waals surface area contributed by atoms with E-state index in [1.807, 2.05) is 20.8 Å². The van der Waals surface area contributed by atoms with Crippen LogP contribution in [0.1, 0.15) is 32.3 Å². The van der Waals surface area contributed by atoms with Crippen LogP contribution in [0.15, 0.2) is 18.2 Å². The van der Waals surface area contributed by atoms with Gasteiger partial charge in [0.2, 0.25) is 0 Å². The van der Waals surface area contributed by atoms with E-state index in [4.69, 9.17) is 4.74 Å². The molecule has 0 saturated carbocycles. The van der Waals surface area contributed by atoms with Crippen LogP contribution in [0.4, 0.5) is 13.2 Å². The lowest BCUT2D eigenvalue weighted by Crippen LogP contribution is -2.17. The van der Waals surface area contributed by atoms with E-state index in [2.05, 4.69) is 4.74 Å². The Balaban J connectivity index is 3.01. The fourth-order valence-corrected chi connectivity index (χ4v) is 1.46. The Morgan fingerprint density at radius 3 is 2.35 bits per heavy atom. The van der Waals surface area contributed by atoms with Gasteiger partial charge in [0, 0.05) is 5.56 Å². The summed E-state index contributed by atoms with van der Waals surface area (Å²) in [5, 5.41) is 0. The van der Waals surface area contributed by atoms with Crippen molar-refractivity contribution in [3.8, 4) is 11.5 Å². The molecule has 96 valence electrons. The summed E-state index contributed by atoms with van der Waals surface area (Å²) in [6.07, 6.45) is -4.67. The Morgan fingerprint density at radius 2 is 1.88 bits per heavy atom. The second-order valence-electron chi connectivity index (χ2n) is 3.84. The first-order valence-corrected chi connectivity index (χ1v) is 5.36. The molecule has 0 aliphatic rings. The number of ether oxygens (including phenoxy) is 2. The van der Waals surface area contributed by atoms with Crippen molar-refractivity contribution >= 4 is 0 Å². The predicted octanol–water partition coefficient (Wildman–Crippen LogP) is 4.11. The summed E-state index contributed by atoms with van der Waals surface area (Å²) < 4.78 is 45.4. The number of halogens is 3. The minimum absolute atomic E-state index is 0.0633. The minimum atomic E-state index is -4.67. The van der Waals surface area contributed by atoms with Gasteiger partial charge in [-0.05, 0) is 31.0 Å². The van der Waals surface area contributed by atoms with Crippen LogP contribution in [-0.2, 0) is 0 Å². The Bertz CT molecular complexity index is 373. The van der Waals surface area contributed by atoms with Gasteiger partial charge in [0.25, 0.3) is 0 Å². The van der Waals surface area contributed by atoms with Crippen molar-refractivity contribution < 1.29 is 22.6 Å². The topological polar surface area (TPSA) is 18.5 Å². The van der Waals surface area contributed by atoms with E-state index >= 15 is 0 Å². The van der Waals surface area contributed by atoms with Crippen molar-refractivity contribution in [3.63, 3.8) is 0 Å². The van der Waals surface area contributed by atoms with Crippen LogP contribution in [0.2, 0.25) is 0 Å². The van der Waals surface area contributed by atoms with E-state index in [9.17, 15) is 13.2 Å². The van der Waals surface area contributed by atoms with Gasteiger partial charge in [-0.15, -0.1) is 13.2 Å². The maximum atomic E-state index is 12.1. The average molecular weight is 248 g/mol. The molecule has 0 fully saturated rings. The van der Waals surface area contributed by atoms with Gasteiger partial charge in [0.15, 0.2) is 0 Å². The number of hydrogen-bond donors (Lipinski definition) is 0. The SMILES string of the molecule is CCOc1ccc(OC(F)(F)F)cc1C(C)C. The summed E-state index contributed by atoms with van der Waals surface area (Å²) in [5.41, 5.74) is 0.702. The van der Waals surface area contributed by atoms with Crippen LogP contribution < -0.4 is 9.47 Å². The highest BCUT2D eigenvalue weighted by molar-refractivity contribution is 5.42. The quantitative estimate of drug-likeness (QED) is 0.798. The lowest BCUT2D eigenvalue weighted by molar-refractivity contribution is -0.274. The van der Waals surface area contributed by atoms with Gasteiger partial charge in [0.05, 0.1) is 6.61 Å². The predicted molar refractivity (Wildman–Crippen MR) is 58.4 cm³/mol. The van der Waals surface area contributed by atoms with Gasteiger partial charge in [0.1, 0.15) is 11.5 Å². The normalized spacial score (nSPS) is 11.7. The van der Waals surface area contributed by atoms with Crippen LogP contribution in [0, 0.1) is 0 Å². The Morgan fingerprint density at radius 1 is 1.24 bits per heavy atom. The van der Waals surface area contributed by atoms with Crippen molar-refractivity contribution in [2.75, 3.05) is 6.61 Å². The van der Waals surface area contributed by atoms with E-state index in [1.54, 1.807) is 0 Å². The van der Waals surface area contributed by atoms with Crippen molar-refractivity contribution in [1.29, 1.82) is 0 Å². The number of alkyl halides is 3. The molecule has 17 heavy (non-hydrogen) atoms. The molecule has 0 saturated heterocycles. The second kappa shape index (κ2) is 5.29.